The monoisotopic (exact) mass is 320 g/mol. The van der Waals surface area contributed by atoms with Crippen molar-refractivity contribution in [3.63, 3.8) is 0 Å². The molecule has 1 N–H and O–H groups in total. The summed E-state index contributed by atoms with van der Waals surface area (Å²) in [5.41, 5.74) is 0.804. The zero-order valence-electron chi connectivity index (χ0n) is 13.3. The zero-order chi connectivity index (χ0) is 15.9. The minimum Gasteiger partial charge on any atom is -0.336 e. The van der Waals surface area contributed by atoms with E-state index < -0.39 is 0 Å². The third-order valence-corrected chi connectivity index (χ3v) is 4.89. The first-order chi connectivity index (χ1) is 10.6. The lowest BCUT2D eigenvalue weighted by Crippen LogP contribution is -2.39. The fourth-order valence-corrected chi connectivity index (χ4v) is 3.45. The van der Waals surface area contributed by atoms with E-state index >= 15 is 0 Å². The average Bonchev–Trinajstić information content (AvgIpc) is 2.55. The van der Waals surface area contributed by atoms with Crippen molar-refractivity contribution in [2.75, 3.05) is 25.2 Å². The van der Waals surface area contributed by atoms with Crippen LogP contribution in [0, 0.1) is 5.92 Å². The van der Waals surface area contributed by atoms with Crippen molar-refractivity contribution >= 4 is 29.3 Å². The summed E-state index contributed by atoms with van der Waals surface area (Å²) in [6, 6.07) is 7.69. The molecular weight excluding hydrogens is 296 g/mol. The molecule has 0 spiro atoms. The number of hydrogen-bond donors (Lipinski definition) is 1. The number of hydrogen-bond acceptors (Lipinski definition) is 3. The summed E-state index contributed by atoms with van der Waals surface area (Å²) in [6.45, 7) is 0.109. The number of carbonyl (C=O) groups excluding carboxylic acids is 2. The van der Waals surface area contributed by atoms with Crippen LogP contribution < -0.4 is 5.32 Å². The van der Waals surface area contributed by atoms with E-state index in [0.717, 1.165) is 36.3 Å². The lowest BCUT2D eigenvalue weighted by Gasteiger charge is -2.26. The molecule has 0 aromatic heterocycles. The Labute approximate surface area is 136 Å². The van der Waals surface area contributed by atoms with Crippen LogP contribution in [0.4, 0.5) is 5.69 Å². The van der Waals surface area contributed by atoms with Gasteiger partial charge in [0.25, 0.3) is 0 Å². The number of likely N-dealkylation sites (N-methyl/N-ethyl adjacent to an activating group) is 1. The van der Waals surface area contributed by atoms with Crippen LogP contribution in [0.3, 0.4) is 0 Å². The van der Waals surface area contributed by atoms with Crippen molar-refractivity contribution in [3.05, 3.63) is 24.3 Å². The Bertz CT molecular complexity index is 527. The van der Waals surface area contributed by atoms with Gasteiger partial charge in [-0.25, -0.2) is 0 Å². The van der Waals surface area contributed by atoms with E-state index in [2.05, 4.69) is 5.32 Å². The fraction of sp³-hybridized carbons (Fsp3) is 0.529. The first-order valence-corrected chi connectivity index (χ1v) is 9.02. The molecule has 0 saturated heterocycles. The van der Waals surface area contributed by atoms with Crippen molar-refractivity contribution < 1.29 is 9.59 Å². The minimum atomic E-state index is -0.145. The van der Waals surface area contributed by atoms with E-state index in [1.165, 1.54) is 6.42 Å². The van der Waals surface area contributed by atoms with Crippen molar-refractivity contribution in [1.29, 1.82) is 0 Å². The number of para-hydroxylation sites is 1. The van der Waals surface area contributed by atoms with E-state index in [9.17, 15) is 9.59 Å². The van der Waals surface area contributed by atoms with Crippen LogP contribution >= 0.6 is 11.8 Å². The van der Waals surface area contributed by atoms with Crippen molar-refractivity contribution in [3.8, 4) is 0 Å². The zero-order valence-corrected chi connectivity index (χ0v) is 14.1. The highest BCUT2D eigenvalue weighted by Gasteiger charge is 2.25. The Morgan fingerprint density at radius 2 is 1.91 bits per heavy atom. The smallest absolute Gasteiger partial charge is 0.244 e. The Hall–Kier alpha value is -1.49. The number of anilines is 1. The van der Waals surface area contributed by atoms with Gasteiger partial charge in [-0.1, -0.05) is 31.4 Å². The SMILES string of the molecule is CSc1ccccc1NC(=O)CN(C)C(=O)C1CCCCC1. The van der Waals surface area contributed by atoms with Gasteiger partial charge in [-0.15, -0.1) is 11.8 Å². The van der Waals surface area contributed by atoms with Gasteiger partial charge in [0, 0.05) is 17.9 Å². The standard InChI is InChI=1S/C17H24N2O2S/c1-19(17(21)13-8-4-3-5-9-13)12-16(20)18-14-10-6-7-11-15(14)22-2/h6-7,10-11,13H,3-5,8-9,12H2,1-2H3,(H,18,20). The van der Waals surface area contributed by atoms with Crippen LogP contribution in [-0.2, 0) is 9.59 Å². The molecule has 1 aromatic carbocycles. The molecule has 0 bridgehead atoms. The van der Waals surface area contributed by atoms with Gasteiger partial charge in [-0.2, -0.15) is 0 Å². The maximum Gasteiger partial charge on any atom is 0.244 e. The topological polar surface area (TPSA) is 49.4 Å². The third-order valence-electron chi connectivity index (χ3n) is 4.09. The predicted octanol–water partition coefficient (Wildman–Crippen LogP) is 3.39. The third kappa shape index (κ3) is 4.50. The highest BCUT2D eigenvalue weighted by molar-refractivity contribution is 7.98. The average molecular weight is 320 g/mol. The predicted molar refractivity (Wildman–Crippen MR) is 91.1 cm³/mol. The summed E-state index contributed by atoms with van der Waals surface area (Å²) in [4.78, 5) is 27.1. The summed E-state index contributed by atoms with van der Waals surface area (Å²) in [5, 5.41) is 2.90. The molecule has 2 rings (SSSR count). The van der Waals surface area contributed by atoms with E-state index in [0.29, 0.717) is 0 Å². The molecule has 1 saturated carbocycles. The molecular formula is C17H24N2O2S. The number of rotatable bonds is 5. The van der Waals surface area contributed by atoms with Gasteiger partial charge in [-0.3, -0.25) is 9.59 Å². The van der Waals surface area contributed by atoms with Crippen molar-refractivity contribution in [1.82, 2.24) is 4.90 Å². The number of benzene rings is 1. The normalized spacial score (nSPS) is 15.4. The molecule has 1 aromatic rings. The maximum absolute atomic E-state index is 12.4. The summed E-state index contributed by atoms with van der Waals surface area (Å²) in [5.74, 6) is 0.0613. The first kappa shape index (κ1) is 16.9. The molecule has 4 nitrogen and oxygen atoms in total. The molecule has 1 aliphatic carbocycles. The highest BCUT2D eigenvalue weighted by atomic mass is 32.2. The number of thioether (sulfide) groups is 1. The van der Waals surface area contributed by atoms with Crippen LogP contribution in [-0.4, -0.2) is 36.6 Å². The molecule has 1 aliphatic rings. The quantitative estimate of drug-likeness (QED) is 0.846. The molecule has 0 heterocycles. The Morgan fingerprint density at radius 3 is 2.59 bits per heavy atom. The fourth-order valence-electron chi connectivity index (χ4n) is 2.89. The molecule has 0 radical (unpaired) electrons. The summed E-state index contributed by atoms with van der Waals surface area (Å²) >= 11 is 1.59. The van der Waals surface area contributed by atoms with Crippen molar-refractivity contribution in [2.45, 2.75) is 37.0 Å². The van der Waals surface area contributed by atoms with Crippen LogP contribution in [0.1, 0.15) is 32.1 Å². The van der Waals surface area contributed by atoms with Crippen LogP contribution in [0.2, 0.25) is 0 Å². The lowest BCUT2D eigenvalue weighted by molar-refractivity contribution is -0.137. The summed E-state index contributed by atoms with van der Waals surface area (Å²) in [7, 11) is 1.72. The van der Waals surface area contributed by atoms with Crippen molar-refractivity contribution in [2.24, 2.45) is 5.92 Å². The van der Waals surface area contributed by atoms with Gasteiger partial charge in [0.05, 0.1) is 12.2 Å². The first-order valence-electron chi connectivity index (χ1n) is 7.79. The van der Waals surface area contributed by atoms with Gasteiger partial charge in [-0.05, 0) is 31.2 Å². The maximum atomic E-state index is 12.4. The number of nitrogens with zero attached hydrogens (tertiary/aromatic N) is 1. The molecule has 0 atom stereocenters. The second-order valence-electron chi connectivity index (χ2n) is 5.78. The lowest BCUT2D eigenvalue weighted by atomic mass is 9.88. The van der Waals surface area contributed by atoms with Crippen LogP contribution in [0.25, 0.3) is 0 Å². The number of carbonyl (C=O) groups is 2. The Morgan fingerprint density at radius 1 is 1.23 bits per heavy atom. The van der Waals surface area contributed by atoms with Crippen LogP contribution in [0.15, 0.2) is 29.2 Å². The highest BCUT2D eigenvalue weighted by Crippen LogP contribution is 2.26. The van der Waals surface area contributed by atoms with Gasteiger partial charge in [0.2, 0.25) is 11.8 Å². The molecule has 0 unspecified atom stereocenters. The van der Waals surface area contributed by atoms with Gasteiger partial charge in [0.15, 0.2) is 0 Å². The molecule has 1 fully saturated rings. The Balaban J connectivity index is 1.89. The van der Waals surface area contributed by atoms with E-state index in [1.54, 1.807) is 23.7 Å². The molecule has 120 valence electrons. The van der Waals surface area contributed by atoms with Gasteiger partial charge >= 0.3 is 0 Å². The van der Waals surface area contributed by atoms with Gasteiger partial charge < -0.3 is 10.2 Å². The molecule has 5 heteroatoms. The summed E-state index contributed by atoms with van der Waals surface area (Å²) < 4.78 is 0. The molecule has 2 amide bonds. The van der Waals surface area contributed by atoms with E-state index in [-0.39, 0.29) is 24.3 Å². The van der Waals surface area contributed by atoms with Gasteiger partial charge in [0.1, 0.15) is 0 Å². The minimum absolute atomic E-state index is 0.102. The molecule has 22 heavy (non-hydrogen) atoms. The largest absolute Gasteiger partial charge is 0.336 e. The van der Waals surface area contributed by atoms with E-state index in [4.69, 9.17) is 0 Å². The van der Waals surface area contributed by atoms with Crippen LogP contribution in [0.5, 0.6) is 0 Å². The molecule has 0 aliphatic heterocycles. The second kappa shape index (κ2) is 8.22. The second-order valence-corrected chi connectivity index (χ2v) is 6.63. The Kier molecular flexibility index (Phi) is 6.31. The number of nitrogens with one attached hydrogen (secondary N) is 1. The summed E-state index contributed by atoms with van der Waals surface area (Å²) in [6.07, 6.45) is 7.36. The van der Waals surface area contributed by atoms with E-state index in [1.807, 2.05) is 30.5 Å². The number of amides is 2.